The predicted molar refractivity (Wildman–Crippen MR) is 91.8 cm³/mol. The number of fused-ring (bicyclic) bond motifs is 1. The summed E-state index contributed by atoms with van der Waals surface area (Å²) in [7, 11) is 0. The molecule has 0 radical (unpaired) electrons. The van der Waals surface area contributed by atoms with Crippen LogP contribution >= 0.6 is 24.8 Å². The number of hydrogen-bond acceptors (Lipinski definition) is 3. The molecular formula is C15H26Cl2N4O. The molecule has 7 heteroatoms. The number of hydrogen-bond donors (Lipinski definition) is 2. The molecule has 2 heterocycles. The fourth-order valence-electron chi connectivity index (χ4n) is 3.58. The van der Waals surface area contributed by atoms with E-state index >= 15 is 0 Å². The molecular weight excluding hydrogens is 323 g/mol. The molecule has 1 aliphatic heterocycles. The van der Waals surface area contributed by atoms with Gasteiger partial charge in [-0.2, -0.15) is 0 Å². The van der Waals surface area contributed by atoms with E-state index in [1.165, 1.54) is 25.7 Å². The van der Waals surface area contributed by atoms with E-state index < -0.39 is 0 Å². The monoisotopic (exact) mass is 348 g/mol. The maximum Gasteiger partial charge on any atom is 0.237 e. The van der Waals surface area contributed by atoms with E-state index in [0.717, 1.165) is 24.7 Å². The summed E-state index contributed by atoms with van der Waals surface area (Å²) in [6.45, 7) is 3.44. The molecule has 1 aromatic heterocycles. The Morgan fingerprint density at radius 1 is 1.41 bits per heavy atom. The fourth-order valence-corrected chi connectivity index (χ4v) is 3.58. The van der Waals surface area contributed by atoms with Crippen LogP contribution in [-0.2, 0) is 11.3 Å². The second-order valence-corrected chi connectivity index (χ2v) is 6.06. The van der Waals surface area contributed by atoms with Crippen LogP contribution < -0.4 is 10.6 Å². The molecule has 1 saturated carbocycles. The van der Waals surface area contributed by atoms with Crippen molar-refractivity contribution < 1.29 is 4.79 Å². The normalized spacial score (nSPS) is 26.5. The van der Waals surface area contributed by atoms with Crippen LogP contribution in [0.2, 0.25) is 0 Å². The second kappa shape index (κ2) is 8.75. The highest BCUT2D eigenvalue weighted by atomic mass is 35.5. The highest BCUT2D eigenvalue weighted by Gasteiger charge is 2.37. The van der Waals surface area contributed by atoms with Crippen LogP contribution in [0.4, 0.5) is 0 Å². The van der Waals surface area contributed by atoms with Gasteiger partial charge in [0.15, 0.2) is 0 Å². The summed E-state index contributed by atoms with van der Waals surface area (Å²) in [5, 5.41) is 6.57. The third-order valence-electron chi connectivity index (χ3n) is 4.75. The number of amides is 1. The third kappa shape index (κ3) is 4.37. The lowest BCUT2D eigenvalue weighted by Gasteiger charge is -2.24. The molecule has 126 valence electrons. The summed E-state index contributed by atoms with van der Waals surface area (Å²) in [4.78, 5) is 16.4. The quantitative estimate of drug-likeness (QED) is 0.875. The Balaban J connectivity index is 0.00000121. The van der Waals surface area contributed by atoms with Gasteiger partial charge < -0.3 is 15.2 Å². The van der Waals surface area contributed by atoms with Crippen LogP contribution in [0.5, 0.6) is 0 Å². The standard InChI is InChI=1S/C15H24N4O.2ClH/c1-11-16-6-8-19(11)9-7-17-15(20)14-10-12-4-2-3-5-13(12)18-14;;/h6,8,12-14,18H,2-5,7,9-10H2,1H3,(H,17,20);2*1H. The lowest BCUT2D eigenvalue weighted by atomic mass is 9.85. The van der Waals surface area contributed by atoms with Gasteiger partial charge in [0.1, 0.15) is 5.82 Å². The predicted octanol–water partition coefficient (Wildman–Crippen LogP) is 2.07. The van der Waals surface area contributed by atoms with E-state index in [1.807, 2.05) is 13.1 Å². The van der Waals surface area contributed by atoms with Crippen molar-refractivity contribution in [1.82, 2.24) is 20.2 Å². The number of rotatable bonds is 4. The molecule has 0 spiro atoms. The van der Waals surface area contributed by atoms with Crippen LogP contribution in [0.3, 0.4) is 0 Å². The second-order valence-electron chi connectivity index (χ2n) is 6.06. The Labute approximate surface area is 144 Å². The minimum Gasteiger partial charge on any atom is -0.353 e. The molecule has 5 nitrogen and oxygen atoms in total. The van der Waals surface area contributed by atoms with Gasteiger partial charge in [0.25, 0.3) is 0 Å². The molecule has 3 rings (SSSR count). The molecule has 1 amide bonds. The summed E-state index contributed by atoms with van der Waals surface area (Å²) in [6.07, 6.45) is 9.92. The molecule has 2 fully saturated rings. The first kappa shape index (κ1) is 19.3. The molecule has 2 aliphatic rings. The Hall–Kier alpha value is -0.780. The van der Waals surface area contributed by atoms with Gasteiger partial charge in [-0.3, -0.25) is 4.79 Å². The molecule has 1 aromatic rings. The smallest absolute Gasteiger partial charge is 0.237 e. The summed E-state index contributed by atoms with van der Waals surface area (Å²) >= 11 is 0. The summed E-state index contributed by atoms with van der Waals surface area (Å²) in [6, 6.07) is 0.599. The van der Waals surface area contributed by atoms with E-state index in [9.17, 15) is 4.79 Å². The van der Waals surface area contributed by atoms with Crippen LogP contribution in [0.15, 0.2) is 12.4 Å². The Morgan fingerprint density at radius 3 is 2.86 bits per heavy atom. The van der Waals surface area contributed by atoms with E-state index in [-0.39, 0.29) is 36.8 Å². The molecule has 0 aromatic carbocycles. The summed E-state index contributed by atoms with van der Waals surface area (Å²) in [5.74, 6) is 1.87. The molecule has 1 saturated heterocycles. The highest BCUT2D eigenvalue weighted by molar-refractivity contribution is 5.85. The Morgan fingerprint density at radius 2 is 2.18 bits per heavy atom. The van der Waals surface area contributed by atoms with E-state index in [0.29, 0.717) is 12.6 Å². The maximum absolute atomic E-state index is 12.2. The lowest BCUT2D eigenvalue weighted by Crippen LogP contribution is -2.43. The number of aromatic nitrogens is 2. The lowest BCUT2D eigenvalue weighted by molar-refractivity contribution is -0.122. The van der Waals surface area contributed by atoms with Crippen LogP contribution in [0.25, 0.3) is 0 Å². The van der Waals surface area contributed by atoms with Crippen LogP contribution in [0, 0.1) is 12.8 Å². The molecule has 1 aliphatic carbocycles. The van der Waals surface area contributed by atoms with Crippen LogP contribution in [0.1, 0.15) is 37.9 Å². The van der Waals surface area contributed by atoms with Gasteiger partial charge >= 0.3 is 0 Å². The number of nitrogens with zero attached hydrogens (tertiary/aromatic N) is 2. The minimum atomic E-state index is 0. The van der Waals surface area contributed by atoms with Crippen molar-refractivity contribution in [1.29, 1.82) is 0 Å². The zero-order chi connectivity index (χ0) is 13.9. The summed E-state index contributed by atoms with van der Waals surface area (Å²) in [5.41, 5.74) is 0. The molecule has 22 heavy (non-hydrogen) atoms. The van der Waals surface area contributed by atoms with Gasteiger partial charge in [-0.1, -0.05) is 12.8 Å². The first-order valence-corrected chi connectivity index (χ1v) is 7.75. The average molecular weight is 349 g/mol. The van der Waals surface area contributed by atoms with E-state index in [2.05, 4.69) is 20.2 Å². The topological polar surface area (TPSA) is 59.0 Å². The van der Waals surface area contributed by atoms with E-state index in [1.54, 1.807) is 6.20 Å². The Bertz CT molecular complexity index is 466. The van der Waals surface area contributed by atoms with Crippen molar-refractivity contribution in [2.45, 2.75) is 57.7 Å². The van der Waals surface area contributed by atoms with Crippen molar-refractivity contribution in [3.05, 3.63) is 18.2 Å². The highest BCUT2D eigenvalue weighted by Crippen LogP contribution is 2.33. The zero-order valence-electron chi connectivity index (χ0n) is 13.0. The first-order valence-electron chi connectivity index (χ1n) is 7.75. The number of carbonyl (C=O) groups is 1. The number of halogens is 2. The van der Waals surface area contributed by atoms with Crippen LogP contribution in [-0.4, -0.2) is 34.1 Å². The van der Waals surface area contributed by atoms with Gasteiger partial charge in [0.05, 0.1) is 6.04 Å². The molecule has 3 unspecified atom stereocenters. The van der Waals surface area contributed by atoms with Crippen molar-refractivity contribution in [2.24, 2.45) is 5.92 Å². The number of nitrogens with one attached hydrogen (secondary N) is 2. The zero-order valence-corrected chi connectivity index (χ0v) is 14.6. The number of aryl methyl sites for hydroxylation is 1. The number of imidazole rings is 1. The van der Waals surface area contributed by atoms with Gasteiger partial charge in [0.2, 0.25) is 5.91 Å². The minimum absolute atomic E-state index is 0. The average Bonchev–Trinajstić information content (AvgIpc) is 3.05. The van der Waals surface area contributed by atoms with Crippen molar-refractivity contribution in [3.63, 3.8) is 0 Å². The number of carbonyl (C=O) groups excluding carboxylic acids is 1. The largest absolute Gasteiger partial charge is 0.353 e. The van der Waals surface area contributed by atoms with Gasteiger partial charge in [-0.05, 0) is 32.1 Å². The summed E-state index contributed by atoms with van der Waals surface area (Å²) < 4.78 is 2.06. The third-order valence-corrected chi connectivity index (χ3v) is 4.75. The van der Waals surface area contributed by atoms with Gasteiger partial charge in [-0.25, -0.2) is 4.98 Å². The molecule has 3 atom stereocenters. The van der Waals surface area contributed by atoms with Gasteiger partial charge in [0, 0.05) is 31.5 Å². The van der Waals surface area contributed by atoms with Crippen molar-refractivity contribution in [3.8, 4) is 0 Å². The van der Waals surface area contributed by atoms with Crippen molar-refractivity contribution >= 4 is 30.7 Å². The molecule has 2 N–H and O–H groups in total. The van der Waals surface area contributed by atoms with Gasteiger partial charge in [-0.15, -0.1) is 24.8 Å². The first-order chi connectivity index (χ1) is 9.74. The SMILES string of the molecule is Cc1nccn1CCNC(=O)C1CC2CCCCC2N1.Cl.Cl. The van der Waals surface area contributed by atoms with Crippen molar-refractivity contribution in [2.75, 3.05) is 6.54 Å². The molecule has 0 bridgehead atoms. The fraction of sp³-hybridized carbons (Fsp3) is 0.733. The van der Waals surface area contributed by atoms with E-state index in [4.69, 9.17) is 0 Å². The maximum atomic E-state index is 12.2. The Kier molecular flexibility index (Phi) is 7.66.